The number of rotatable bonds is 3. The Labute approximate surface area is 125 Å². The summed E-state index contributed by atoms with van der Waals surface area (Å²) in [5.41, 5.74) is 4.90. The van der Waals surface area contributed by atoms with Crippen LogP contribution in [0.5, 0.6) is 11.5 Å². The first-order valence-electron chi connectivity index (χ1n) is 7.38. The number of aryl methyl sites for hydroxylation is 2. The van der Waals surface area contributed by atoms with E-state index in [9.17, 15) is 5.11 Å². The largest absolute Gasteiger partial charge is 0.504 e. The van der Waals surface area contributed by atoms with E-state index in [0.29, 0.717) is 12.3 Å². The van der Waals surface area contributed by atoms with Gasteiger partial charge in [0.1, 0.15) is 0 Å². The van der Waals surface area contributed by atoms with Crippen molar-refractivity contribution in [2.24, 2.45) is 0 Å². The first-order valence-corrected chi connectivity index (χ1v) is 7.38. The molecule has 0 aliphatic carbocycles. The normalized spacial score (nSPS) is 13.9. The maximum absolute atomic E-state index is 10.3. The molecule has 3 heteroatoms. The lowest BCUT2D eigenvalue weighted by atomic mass is 9.99. The number of phenols is 1. The second-order valence-corrected chi connectivity index (χ2v) is 5.63. The molecule has 0 saturated heterocycles. The molecule has 1 N–H and O–H groups in total. The fourth-order valence-electron chi connectivity index (χ4n) is 3.03. The highest BCUT2D eigenvalue weighted by atomic mass is 16.5. The van der Waals surface area contributed by atoms with Crippen molar-refractivity contribution in [1.82, 2.24) is 0 Å². The number of aromatic hydroxyl groups is 1. The van der Waals surface area contributed by atoms with E-state index in [-0.39, 0.29) is 5.75 Å². The summed E-state index contributed by atoms with van der Waals surface area (Å²) in [6.07, 6.45) is 2.29. The van der Waals surface area contributed by atoms with Crippen molar-refractivity contribution in [3.05, 3.63) is 53.1 Å². The molecule has 0 spiro atoms. The zero-order valence-corrected chi connectivity index (χ0v) is 12.6. The predicted octanol–water partition coefficient (Wildman–Crippen LogP) is 3.66. The Morgan fingerprint density at radius 1 is 1.24 bits per heavy atom. The van der Waals surface area contributed by atoms with Gasteiger partial charge in [-0.3, -0.25) is 0 Å². The van der Waals surface area contributed by atoms with E-state index in [1.807, 2.05) is 12.1 Å². The highest BCUT2D eigenvalue weighted by molar-refractivity contribution is 5.58. The average molecular weight is 283 g/mol. The third kappa shape index (κ3) is 2.68. The molecule has 0 aromatic heterocycles. The smallest absolute Gasteiger partial charge is 0.162 e. The van der Waals surface area contributed by atoms with Gasteiger partial charge in [0.2, 0.25) is 0 Å². The third-order valence-corrected chi connectivity index (χ3v) is 4.11. The molecule has 0 unspecified atom stereocenters. The lowest BCUT2D eigenvalue weighted by molar-refractivity contribution is 0.370. The molecule has 0 amide bonds. The van der Waals surface area contributed by atoms with Crippen LogP contribution in [0.2, 0.25) is 0 Å². The molecule has 1 aliphatic heterocycles. The van der Waals surface area contributed by atoms with Gasteiger partial charge in [0, 0.05) is 24.3 Å². The summed E-state index contributed by atoms with van der Waals surface area (Å²) in [5, 5.41) is 10.3. The van der Waals surface area contributed by atoms with Crippen molar-refractivity contribution in [3.63, 3.8) is 0 Å². The highest BCUT2D eigenvalue weighted by Crippen LogP contribution is 2.34. The van der Waals surface area contributed by atoms with Gasteiger partial charge in [-0.05, 0) is 37.5 Å². The van der Waals surface area contributed by atoms with Crippen molar-refractivity contribution in [2.45, 2.75) is 26.3 Å². The number of hydrogen-bond acceptors (Lipinski definition) is 3. The molecule has 0 bridgehead atoms. The molecule has 2 aromatic rings. The summed E-state index contributed by atoms with van der Waals surface area (Å²) >= 11 is 0. The van der Waals surface area contributed by atoms with Crippen LogP contribution in [0.3, 0.4) is 0 Å². The number of nitrogens with zero attached hydrogens (tertiary/aromatic N) is 1. The Morgan fingerprint density at radius 3 is 2.90 bits per heavy atom. The summed E-state index contributed by atoms with van der Waals surface area (Å²) in [6.45, 7) is 3.86. The SMILES string of the molecule is COc1cccc(CN2CCCc3cc(C)ccc32)c1O. The standard InChI is InChI=1S/C18H21NO2/c1-13-8-9-16-14(11-13)6-4-10-19(16)12-15-5-3-7-17(21-2)18(15)20/h3,5,7-9,11,20H,4,6,10,12H2,1-2H3. The second-order valence-electron chi connectivity index (χ2n) is 5.63. The molecule has 2 aromatic carbocycles. The maximum Gasteiger partial charge on any atom is 0.162 e. The molecular weight excluding hydrogens is 262 g/mol. The van der Waals surface area contributed by atoms with Crippen LogP contribution in [0.15, 0.2) is 36.4 Å². The van der Waals surface area contributed by atoms with E-state index in [0.717, 1.165) is 24.9 Å². The van der Waals surface area contributed by atoms with Gasteiger partial charge in [-0.2, -0.15) is 0 Å². The van der Waals surface area contributed by atoms with Crippen LogP contribution < -0.4 is 9.64 Å². The number of hydrogen-bond donors (Lipinski definition) is 1. The number of para-hydroxylation sites is 1. The Hall–Kier alpha value is -2.16. The van der Waals surface area contributed by atoms with Gasteiger partial charge < -0.3 is 14.7 Å². The topological polar surface area (TPSA) is 32.7 Å². The lowest BCUT2D eigenvalue weighted by Crippen LogP contribution is -2.28. The molecule has 0 radical (unpaired) electrons. The summed E-state index contributed by atoms with van der Waals surface area (Å²) in [7, 11) is 1.58. The van der Waals surface area contributed by atoms with Crippen LogP contribution in [0.4, 0.5) is 5.69 Å². The number of fused-ring (bicyclic) bond motifs is 1. The fraction of sp³-hybridized carbons (Fsp3) is 0.333. The lowest BCUT2D eigenvalue weighted by Gasteiger charge is -2.32. The molecule has 0 saturated carbocycles. The Bertz CT molecular complexity index is 652. The summed E-state index contributed by atoms with van der Waals surface area (Å²) < 4.78 is 5.19. The van der Waals surface area contributed by atoms with Crippen molar-refractivity contribution < 1.29 is 9.84 Å². The van der Waals surface area contributed by atoms with Crippen LogP contribution in [0.25, 0.3) is 0 Å². The first-order chi connectivity index (χ1) is 10.2. The quantitative estimate of drug-likeness (QED) is 0.933. The van der Waals surface area contributed by atoms with Gasteiger partial charge in [-0.1, -0.05) is 29.8 Å². The minimum absolute atomic E-state index is 0.249. The molecule has 0 atom stereocenters. The summed E-state index contributed by atoms with van der Waals surface area (Å²) in [4.78, 5) is 2.34. The monoisotopic (exact) mass is 283 g/mol. The minimum atomic E-state index is 0.249. The zero-order valence-electron chi connectivity index (χ0n) is 12.6. The Morgan fingerprint density at radius 2 is 2.10 bits per heavy atom. The molecule has 110 valence electrons. The molecule has 1 heterocycles. The van der Waals surface area contributed by atoms with Gasteiger partial charge in [-0.25, -0.2) is 0 Å². The third-order valence-electron chi connectivity index (χ3n) is 4.11. The van der Waals surface area contributed by atoms with E-state index >= 15 is 0 Å². The Balaban J connectivity index is 1.90. The number of ether oxygens (including phenoxy) is 1. The highest BCUT2D eigenvalue weighted by Gasteiger charge is 2.18. The molecule has 3 nitrogen and oxygen atoms in total. The average Bonchev–Trinajstić information content (AvgIpc) is 2.49. The van der Waals surface area contributed by atoms with Gasteiger partial charge in [-0.15, -0.1) is 0 Å². The number of methoxy groups -OCH3 is 1. The van der Waals surface area contributed by atoms with Gasteiger partial charge in [0.15, 0.2) is 11.5 Å². The molecule has 3 rings (SSSR count). The van der Waals surface area contributed by atoms with E-state index in [4.69, 9.17) is 4.74 Å². The van der Waals surface area contributed by atoms with Gasteiger partial charge in [0.25, 0.3) is 0 Å². The molecular formula is C18H21NO2. The minimum Gasteiger partial charge on any atom is -0.504 e. The van der Waals surface area contributed by atoms with Crippen LogP contribution in [-0.4, -0.2) is 18.8 Å². The summed E-state index contributed by atoms with van der Waals surface area (Å²) in [5.74, 6) is 0.785. The molecule has 0 fully saturated rings. The van der Waals surface area contributed by atoms with Crippen LogP contribution in [-0.2, 0) is 13.0 Å². The van der Waals surface area contributed by atoms with E-state index in [1.54, 1.807) is 13.2 Å². The second kappa shape index (κ2) is 5.68. The predicted molar refractivity (Wildman–Crippen MR) is 85.2 cm³/mol. The number of benzene rings is 2. The Kier molecular flexibility index (Phi) is 3.74. The van der Waals surface area contributed by atoms with Crippen LogP contribution in [0, 0.1) is 6.92 Å². The maximum atomic E-state index is 10.3. The van der Waals surface area contributed by atoms with Crippen LogP contribution >= 0.6 is 0 Å². The van der Waals surface area contributed by atoms with Crippen molar-refractivity contribution in [2.75, 3.05) is 18.6 Å². The van der Waals surface area contributed by atoms with E-state index in [2.05, 4.69) is 30.0 Å². The number of anilines is 1. The number of phenolic OH excluding ortho intramolecular Hbond substituents is 1. The zero-order chi connectivity index (χ0) is 14.8. The van der Waals surface area contributed by atoms with Crippen molar-refractivity contribution in [3.8, 4) is 11.5 Å². The van der Waals surface area contributed by atoms with E-state index < -0.39 is 0 Å². The van der Waals surface area contributed by atoms with Crippen molar-refractivity contribution in [1.29, 1.82) is 0 Å². The van der Waals surface area contributed by atoms with Gasteiger partial charge >= 0.3 is 0 Å². The fourth-order valence-corrected chi connectivity index (χ4v) is 3.03. The van der Waals surface area contributed by atoms with Gasteiger partial charge in [0.05, 0.1) is 7.11 Å². The van der Waals surface area contributed by atoms with E-state index in [1.165, 1.54) is 16.8 Å². The first kappa shape index (κ1) is 13.8. The molecule has 21 heavy (non-hydrogen) atoms. The molecule has 1 aliphatic rings. The summed E-state index contributed by atoms with van der Waals surface area (Å²) in [6, 6.07) is 12.3. The van der Waals surface area contributed by atoms with Crippen molar-refractivity contribution >= 4 is 5.69 Å². The van der Waals surface area contributed by atoms with Crippen LogP contribution in [0.1, 0.15) is 23.1 Å².